The molecular formula is C34H26F3N3O5S2. The normalized spacial score (nSPS) is 27.4. The van der Waals surface area contributed by atoms with Crippen molar-refractivity contribution in [3.63, 3.8) is 0 Å². The molecule has 240 valence electrons. The number of nitrogens with one attached hydrogen (secondary N) is 2. The topological polar surface area (TPSA) is 109 Å². The van der Waals surface area contributed by atoms with Gasteiger partial charge in [0.2, 0.25) is 11.8 Å². The van der Waals surface area contributed by atoms with Crippen LogP contribution in [0.2, 0.25) is 0 Å². The van der Waals surface area contributed by atoms with Gasteiger partial charge in [0.25, 0.3) is 5.91 Å². The molecule has 2 bridgehead atoms. The fraction of sp³-hybridized carbons (Fsp3) is 0.294. The van der Waals surface area contributed by atoms with Crippen molar-refractivity contribution in [1.82, 2.24) is 4.98 Å². The first-order valence-corrected chi connectivity index (χ1v) is 16.8. The summed E-state index contributed by atoms with van der Waals surface area (Å²) in [5.41, 5.74) is 0.512. The number of carbonyl (C=O) groups excluding carboxylic acids is 3. The molecule has 8 rings (SSSR count). The molecule has 4 aliphatic rings. The average Bonchev–Trinajstić information content (AvgIpc) is 3.79. The Bertz CT molecular complexity index is 1980. The lowest BCUT2D eigenvalue weighted by atomic mass is 9.68. The van der Waals surface area contributed by atoms with Gasteiger partial charge < -0.3 is 15.0 Å². The number of aromatic amines is 1. The molecule has 3 fully saturated rings. The summed E-state index contributed by atoms with van der Waals surface area (Å²) < 4.78 is 46.4. The predicted molar refractivity (Wildman–Crippen MR) is 169 cm³/mol. The SMILES string of the molecule is O=C(COc1cccc([C@H]2c3sc(=O)[nH]c3SC3C4CC(C5C(=O)N(c6cccc(C(F)(F)F)c6)C(=O)C45)C32)c1)Nc1ccccc1. The second kappa shape index (κ2) is 11.1. The minimum absolute atomic E-state index is 0.0691. The van der Waals surface area contributed by atoms with Crippen molar-refractivity contribution in [1.29, 1.82) is 0 Å². The quantitative estimate of drug-likeness (QED) is 0.237. The van der Waals surface area contributed by atoms with Gasteiger partial charge in [0, 0.05) is 21.7 Å². The number of alkyl halides is 3. The molecule has 2 aliphatic heterocycles. The third kappa shape index (κ3) is 4.98. The number of imide groups is 1. The molecule has 2 N–H and O–H groups in total. The maximum Gasteiger partial charge on any atom is 0.416 e. The van der Waals surface area contributed by atoms with Crippen LogP contribution in [0.25, 0.3) is 0 Å². The lowest BCUT2D eigenvalue weighted by Crippen LogP contribution is -2.42. The standard InChI is InChI=1S/C34H26F3N3O5S2/c35-34(36,37)17-7-5-10-19(13-17)40-31(42)26-21-14-22(27(26)32(40)43)28-25(21)24(29-30(46-28)39-33(44)47-29)16-6-4-11-20(12-16)45-15-23(41)38-18-8-2-1-3-9-18/h1-13,21-22,24-28H,14-15H2,(H,38,41)(H,39,44)/t21?,22?,24-,25?,26?,27?,28?/m1/s1. The van der Waals surface area contributed by atoms with Crippen molar-refractivity contribution in [2.45, 2.75) is 28.8 Å². The number of rotatable bonds is 6. The molecule has 13 heteroatoms. The summed E-state index contributed by atoms with van der Waals surface area (Å²) >= 11 is 2.64. The second-order valence-corrected chi connectivity index (χ2v) is 14.5. The number of hydrogen-bond donors (Lipinski definition) is 2. The highest BCUT2D eigenvalue weighted by Crippen LogP contribution is 2.68. The first kappa shape index (κ1) is 30.0. The molecule has 0 spiro atoms. The predicted octanol–water partition coefficient (Wildman–Crippen LogP) is 6.15. The summed E-state index contributed by atoms with van der Waals surface area (Å²) in [5, 5.41) is 3.42. The van der Waals surface area contributed by atoms with E-state index in [0.29, 0.717) is 17.9 Å². The van der Waals surface area contributed by atoms with E-state index < -0.39 is 35.4 Å². The number of hydrogen-bond acceptors (Lipinski definition) is 7. The van der Waals surface area contributed by atoms with Gasteiger partial charge in [0.05, 0.1) is 28.1 Å². The van der Waals surface area contributed by atoms with Crippen LogP contribution in [0.1, 0.15) is 28.3 Å². The molecule has 8 nitrogen and oxygen atoms in total. The maximum absolute atomic E-state index is 14.0. The Hall–Kier alpha value is -4.36. The van der Waals surface area contributed by atoms with Gasteiger partial charge in [-0.2, -0.15) is 13.2 Å². The number of carbonyl (C=O) groups is 3. The molecule has 6 unspecified atom stereocenters. The van der Waals surface area contributed by atoms with Crippen LogP contribution in [-0.4, -0.2) is 34.6 Å². The molecule has 4 aromatic rings. The Morgan fingerprint density at radius 3 is 2.45 bits per heavy atom. The number of anilines is 2. The first-order valence-electron chi connectivity index (χ1n) is 15.1. The number of thioether (sulfide) groups is 1. The lowest BCUT2D eigenvalue weighted by Gasteiger charge is -2.43. The van der Waals surface area contributed by atoms with Crippen molar-refractivity contribution in [2.24, 2.45) is 29.6 Å². The van der Waals surface area contributed by atoms with Crippen LogP contribution in [0.5, 0.6) is 5.75 Å². The van der Waals surface area contributed by atoms with E-state index in [2.05, 4.69) is 10.3 Å². The highest BCUT2D eigenvalue weighted by atomic mass is 32.2. The molecule has 0 radical (unpaired) electrons. The van der Waals surface area contributed by atoms with Crippen LogP contribution < -0.4 is 19.8 Å². The summed E-state index contributed by atoms with van der Waals surface area (Å²) in [6, 6.07) is 20.7. The van der Waals surface area contributed by atoms with E-state index in [1.54, 1.807) is 18.2 Å². The largest absolute Gasteiger partial charge is 0.484 e. The molecule has 3 amide bonds. The van der Waals surface area contributed by atoms with Crippen LogP contribution in [0.4, 0.5) is 24.5 Å². The molecule has 7 atom stereocenters. The number of aromatic nitrogens is 1. The number of H-pyrrole nitrogens is 1. The lowest BCUT2D eigenvalue weighted by molar-refractivity contribution is -0.137. The van der Waals surface area contributed by atoms with Crippen LogP contribution in [0, 0.1) is 29.6 Å². The van der Waals surface area contributed by atoms with Gasteiger partial charge in [-0.25, -0.2) is 0 Å². The van der Waals surface area contributed by atoms with E-state index >= 15 is 0 Å². The number of amides is 3. The van der Waals surface area contributed by atoms with Crippen molar-refractivity contribution in [2.75, 3.05) is 16.8 Å². The summed E-state index contributed by atoms with van der Waals surface area (Å²) in [6.45, 7) is -0.218. The van der Waals surface area contributed by atoms with Gasteiger partial charge in [0.1, 0.15) is 5.75 Å². The van der Waals surface area contributed by atoms with Gasteiger partial charge in [-0.1, -0.05) is 47.7 Å². The van der Waals surface area contributed by atoms with E-state index in [1.165, 1.54) is 23.9 Å². The van der Waals surface area contributed by atoms with Gasteiger partial charge in [-0.15, -0.1) is 11.8 Å². The van der Waals surface area contributed by atoms with Crippen LogP contribution in [-0.2, 0) is 20.6 Å². The molecule has 3 aromatic carbocycles. The minimum Gasteiger partial charge on any atom is -0.484 e. The van der Waals surface area contributed by atoms with Crippen LogP contribution >= 0.6 is 23.1 Å². The molecule has 1 saturated heterocycles. The van der Waals surface area contributed by atoms with Gasteiger partial charge in [-0.05, 0) is 72.2 Å². The van der Waals surface area contributed by atoms with Gasteiger partial charge in [0.15, 0.2) is 6.61 Å². The zero-order valence-electron chi connectivity index (χ0n) is 24.4. The van der Waals surface area contributed by atoms with Crippen molar-refractivity contribution in [3.05, 3.63) is 105 Å². The molecular weight excluding hydrogens is 652 g/mol. The Morgan fingerprint density at radius 2 is 1.68 bits per heavy atom. The Balaban J connectivity index is 1.10. The molecule has 3 heterocycles. The maximum atomic E-state index is 14.0. The van der Waals surface area contributed by atoms with E-state index in [1.807, 2.05) is 36.4 Å². The highest BCUT2D eigenvalue weighted by Gasteiger charge is 2.69. The number of halogens is 3. The summed E-state index contributed by atoms with van der Waals surface area (Å²) in [6.07, 6.45) is -3.98. The smallest absolute Gasteiger partial charge is 0.416 e. The number of para-hydroxylation sites is 1. The Morgan fingerprint density at radius 1 is 0.936 bits per heavy atom. The summed E-state index contributed by atoms with van der Waals surface area (Å²) in [4.78, 5) is 57.5. The third-order valence-corrected chi connectivity index (χ3v) is 12.4. The van der Waals surface area contributed by atoms with Crippen molar-refractivity contribution < 1.29 is 32.3 Å². The zero-order valence-corrected chi connectivity index (χ0v) is 26.0. The van der Waals surface area contributed by atoms with Crippen LogP contribution in [0.15, 0.2) is 88.7 Å². The third-order valence-electron chi connectivity index (χ3n) is 9.80. The molecule has 47 heavy (non-hydrogen) atoms. The van der Waals surface area contributed by atoms with E-state index in [4.69, 9.17) is 4.74 Å². The van der Waals surface area contributed by atoms with Crippen LogP contribution in [0.3, 0.4) is 0 Å². The molecule has 1 aromatic heterocycles. The monoisotopic (exact) mass is 677 g/mol. The number of ether oxygens (including phenoxy) is 1. The highest BCUT2D eigenvalue weighted by molar-refractivity contribution is 8.00. The summed E-state index contributed by atoms with van der Waals surface area (Å²) in [5.74, 6) is -2.89. The first-order chi connectivity index (χ1) is 22.6. The van der Waals surface area contributed by atoms with Gasteiger partial charge in [-0.3, -0.25) is 24.1 Å². The van der Waals surface area contributed by atoms with Crippen molar-refractivity contribution >= 4 is 52.2 Å². The second-order valence-electron chi connectivity index (χ2n) is 12.3. The number of thiazole rings is 1. The Labute approximate surface area is 274 Å². The Kier molecular flexibility index (Phi) is 7.10. The van der Waals surface area contributed by atoms with E-state index in [0.717, 1.165) is 43.8 Å². The molecule has 2 aliphatic carbocycles. The average molecular weight is 678 g/mol. The van der Waals surface area contributed by atoms with Gasteiger partial charge >= 0.3 is 11.0 Å². The number of fused-ring (bicyclic) bond motifs is 9. The van der Waals surface area contributed by atoms with Crippen molar-refractivity contribution in [3.8, 4) is 5.75 Å². The molecule has 2 saturated carbocycles. The van der Waals surface area contributed by atoms with E-state index in [-0.39, 0.29) is 52.0 Å². The fourth-order valence-corrected chi connectivity index (χ4v) is 11.0. The van der Waals surface area contributed by atoms with E-state index in [9.17, 15) is 32.3 Å². The number of nitrogens with zero attached hydrogens (tertiary/aromatic N) is 1. The minimum atomic E-state index is -4.62. The summed E-state index contributed by atoms with van der Waals surface area (Å²) in [7, 11) is 0. The zero-order chi connectivity index (χ0) is 32.6. The fourth-order valence-electron chi connectivity index (χ4n) is 8.13. The number of benzene rings is 3.